The Hall–Kier alpha value is -5.35. The lowest BCUT2D eigenvalue weighted by Crippen LogP contribution is -2.53. The molecule has 3 aliphatic rings. The fraction of sp³-hybridized carbons (Fsp3) is 0.659. The van der Waals surface area contributed by atoms with E-state index in [2.05, 4.69) is 20.9 Å². The summed E-state index contributed by atoms with van der Waals surface area (Å²) >= 11 is 0. The quantitative estimate of drug-likeness (QED) is 0.119. The van der Waals surface area contributed by atoms with Crippen molar-refractivity contribution in [2.75, 3.05) is 13.1 Å². The van der Waals surface area contributed by atoms with Gasteiger partial charge in [-0.15, -0.1) is 0 Å². The van der Waals surface area contributed by atoms with Crippen LogP contribution in [0.1, 0.15) is 145 Å². The van der Waals surface area contributed by atoms with Crippen LogP contribution in [0.5, 0.6) is 0 Å². The van der Waals surface area contributed by atoms with Crippen LogP contribution in [-0.4, -0.2) is 105 Å². The van der Waals surface area contributed by atoms with Crippen molar-refractivity contribution >= 4 is 58.6 Å². The van der Waals surface area contributed by atoms with Crippen LogP contribution in [0.15, 0.2) is 18.5 Å². The van der Waals surface area contributed by atoms with Crippen LogP contribution in [0.25, 0.3) is 0 Å². The first-order valence-corrected chi connectivity index (χ1v) is 21.6. The van der Waals surface area contributed by atoms with E-state index in [0.717, 1.165) is 63.6 Å². The molecule has 2 aliphatic carbocycles. The van der Waals surface area contributed by atoms with Crippen LogP contribution in [-0.2, 0) is 38.4 Å². The molecular formula is C44H62N6O11. The zero-order valence-corrected chi connectivity index (χ0v) is 35.8. The highest BCUT2D eigenvalue weighted by atomic mass is 16.4. The van der Waals surface area contributed by atoms with E-state index < -0.39 is 113 Å². The number of aromatic nitrogens is 1. The standard InChI is InChI=1S/C44H62N6O11/c1-5-47-41(58)34(52)17-16-32(48-39(56)28-18-19-46-23-30(28)43(60)61)35(53)22-31(44(2,3)4)42(59)50-24-27(51)20-33(50)36(54)21-29(25-12-8-6-9-13-25)40(57)49-37(38(45)55)26-14-10-7-11-15-26/h18-19,23,25-26,29,31-33,37H,5-17,20-22,24H2,1-4H3,(H2,45,55)(H,47,58)(H,48,56)(H,49,57)(H,60,61)/t29-,31+,32-,33-,37-/m0/s1. The molecule has 0 bridgehead atoms. The largest absolute Gasteiger partial charge is 0.478 e. The second-order valence-corrected chi connectivity index (χ2v) is 17.8. The molecule has 334 valence electrons. The number of hydrogen-bond donors (Lipinski definition) is 5. The average Bonchev–Trinajstić information content (AvgIpc) is 3.63. The molecule has 61 heavy (non-hydrogen) atoms. The zero-order valence-electron chi connectivity index (χ0n) is 35.8. The van der Waals surface area contributed by atoms with Crippen molar-refractivity contribution in [2.45, 2.75) is 142 Å². The molecule has 2 saturated carbocycles. The maximum absolute atomic E-state index is 14.6. The van der Waals surface area contributed by atoms with Crippen molar-refractivity contribution in [1.82, 2.24) is 25.8 Å². The Labute approximate surface area is 356 Å². The Morgan fingerprint density at radius 3 is 2.08 bits per heavy atom. The predicted molar refractivity (Wildman–Crippen MR) is 220 cm³/mol. The van der Waals surface area contributed by atoms with Gasteiger partial charge < -0.3 is 31.7 Å². The molecule has 17 nitrogen and oxygen atoms in total. The van der Waals surface area contributed by atoms with Gasteiger partial charge in [-0.3, -0.25) is 48.1 Å². The van der Waals surface area contributed by atoms with Gasteiger partial charge in [0.25, 0.3) is 11.8 Å². The minimum absolute atomic E-state index is 0.109. The molecule has 6 N–H and O–H groups in total. The van der Waals surface area contributed by atoms with Crippen LogP contribution in [0.4, 0.5) is 0 Å². The van der Waals surface area contributed by atoms with Gasteiger partial charge in [0.2, 0.25) is 23.5 Å². The second kappa shape index (κ2) is 22.0. The minimum atomic E-state index is -1.46. The lowest BCUT2D eigenvalue weighted by atomic mass is 9.75. The molecular weight excluding hydrogens is 789 g/mol. The number of nitrogens with two attached hydrogens (primary N) is 1. The van der Waals surface area contributed by atoms with E-state index in [1.165, 1.54) is 11.1 Å². The van der Waals surface area contributed by atoms with Gasteiger partial charge in [0.05, 0.1) is 29.8 Å². The van der Waals surface area contributed by atoms with E-state index in [1.54, 1.807) is 27.7 Å². The van der Waals surface area contributed by atoms with Crippen LogP contribution in [0, 0.1) is 29.1 Å². The number of amides is 5. The Balaban J connectivity index is 1.58. The van der Waals surface area contributed by atoms with E-state index in [9.17, 15) is 53.1 Å². The minimum Gasteiger partial charge on any atom is -0.478 e. The van der Waals surface area contributed by atoms with E-state index in [1.807, 2.05) is 0 Å². The third kappa shape index (κ3) is 13.1. The number of ketones is 4. The number of likely N-dealkylation sites (N-methyl/N-ethyl adjacent to an activating group) is 1. The first kappa shape index (κ1) is 48.3. The number of pyridine rings is 1. The molecule has 0 radical (unpaired) electrons. The molecule has 17 heteroatoms. The molecule has 0 unspecified atom stereocenters. The molecule has 1 saturated heterocycles. The second-order valence-electron chi connectivity index (χ2n) is 17.8. The van der Waals surface area contributed by atoms with Gasteiger partial charge in [-0.2, -0.15) is 0 Å². The van der Waals surface area contributed by atoms with E-state index in [0.29, 0.717) is 12.8 Å². The zero-order chi connectivity index (χ0) is 45.0. The molecule has 1 aromatic heterocycles. The Kier molecular flexibility index (Phi) is 17.4. The monoisotopic (exact) mass is 850 g/mol. The Morgan fingerprint density at radius 1 is 0.885 bits per heavy atom. The van der Waals surface area contributed by atoms with E-state index in [4.69, 9.17) is 5.73 Å². The normalized spacial score (nSPS) is 19.5. The van der Waals surface area contributed by atoms with Crippen LogP contribution >= 0.6 is 0 Å². The molecule has 5 atom stereocenters. The smallest absolute Gasteiger partial charge is 0.338 e. The number of carboxylic acids is 1. The SMILES string of the molecule is CCNC(=O)C(=O)CC[C@H](NC(=O)c1ccncc1C(=O)O)C(=O)C[C@H](C(=O)N1CC(=O)C[C@H]1C(=O)C[C@H](C(=O)N[C@H](C(N)=O)C1CCCCC1)C1CCCCC1)C(C)(C)C. The summed E-state index contributed by atoms with van der Waals surface area (Å²) in [6.07, 6.45) is 8.75. The van der Waals surface area contributed by atoms with Crippen molar-refractivity contribution in [1.29, 1.82) is 0 Å². The summed E-state index contributed by atoms with van der Waals surface area (Å²) < 4.78 is 0. The summed E-state index contributed by atoms with van der Waals surface area (Å²) in [6, 6.07) is -2.40. The third-order valence-electron chi connectivity index (χ3n) is 12.5. The summed E-state index contributed by atoms with van der Waals surface area (Å²) in [5.74, 6) is -9.72. The number of hydrogen-bond acceptors (Lipinski definition) is 11. The molecule has 3 fully saturated rings. The number of nitrogens with zero attached hydrogens (tertiary/aromatic N) is 2. The molecule has 5 amide bonds. The van der Waals surface area contributed by atoms with Gasteiger partial charge in [-0.1, -0.05) is 59.3 Å². The lowest BCUT2D eigenvalue weighted by molar-refractivity contribution is -0.147. The van der Waals surface area contributed by atoms with Gasteiger partial charge >= 0.3 is 5.97 Å². The highest BCUT2D eigenvalue weighted by Crippen LogP contribution is 2.37. The molecule has 1 aliphatic heterocycles. The van der Waals surface area contributed by atoms with Gasteiger partial charge in [0, 0.05) is 56.5 Å². The number of nitrogens with one attached hydrogen (secondary N) is 3. The highest BCUT2D eigenvalue weighted by Gasteiger charge is 2.46. The highest BCUT2D eigenvalue weighted by molar-refractivity contribution is 6.36. The summed E-state index contributed by atoms with van der Waals surface area (Å²) in [5.41, 5.74) is 4.09. The predicted octanol–water partition coefficient (Wildman–Crippen LogP) is 2.86. The van der Waals surface area contributed by atoms with Crippen LogP contribution in [0.3, 0.4) is 0 Å². The number of carboxylic acid groups (broad SMARTS) is 1. The number of aromatic carboxylic acids is 1. The van der Waals surface area contributed by atoms with Crippen molar-refractivity contribution < 1.29 is 53.1 Å². The number of Topliss-reactive ketones (excluding diaryl/α,β-unsaturated/α-hetero) is 4. The fourth-order valence-electron chi connectivity index (χ4n) is 8.99. The number of likely N-dealkylation sites (tertiary alicyclic amines) is 1. The maximum Gasteiger partial charge on any atom is 0.338 e. The molecule has 1 aromatic rings. The van der Waals surface area contributed by atoms with Crippen molar-refractivity contribution in [3.05, 3.63) is 29.6 Å². The first-order chi connectivity index (χ1) is 28.8. The van der Waals surface area contributed by atoms with Gasteiger partial charge in [0.15, 0.2) is 17.3 Å². The van der Waals surface area contributed by atoms with E-state index >= 15 is 0 Å². The summed E-state index contributed by atoms with van der Waals surface area (Å²) in [5, 5.41) is 17.4. The van der Waals surface area contributed by atoms with Crippen molar-refractivity contribution in [3.63, 3.8) is 0 Å². The van der Waals surface area contributed by atoms with Gasteiger partial charge in [0.1, 0.15) is 6.04 Å². The van der Waals surface area contributed by atoms with E-state index in [-0.39, 0.29) is 49.0 Å². The molecule has 4 rings (SSSR count). The van der Waals surface area contributed by atoms with Crippen LogP contribution < -0.4 is 21.7 Å². The van der Waals surface area contributed by atoms with Gasteiger partial charge in [-0.25, -0.2) is 4.79 Å². The maximum atomic E-state index is 14.6. The number of primary amides is 1. The number of carbonyl (C=O) groups excluding carboxylic acids is 9. The van der Waals surface area contributed by atoms with Crippen molar-refractivity contribution in [3.8, 4) is 0 Å². The topological polar surface area (TPSA) is 269 Å². The van der Waals surface area contributed by atoms with Crippen molar-refractivity contribution in [2.24, 2.45) is 34.8 Å². The fourth-order valence-corrected chi connectivity index (χ4v) is 8.99. The Morgan fingerprint density at radius 2 is 1.51 bits per heavy atom. The molecule has 0 spiro atoms. The summed E-state index contributed by atoms with van der Waals surface area (Å²) in [4.78, 5) is 138. The van der Waals surface area contributed by atoms with Crippen LogP contribution in [0.2, 0.25) is 0 Å². The first-order valence-electron chi connectivity index (χ1n) is 21.6. The molecule has 2 heterocycles. The summed E-state index contributed by atoms with van der Waals surface area (Å²) in [7, 11) is 0. The Bertz CT molecular complexity index is 1850. The lowest BCUT2D eigenvalue weighted by Gasteiger charge is -2.36. The number of carbonyl (C=O) groups is 10. The number of rotatable bonds is 20. The third-order valence-corrected chi connectivity index (χ3v) is 12.5. The molecule has 0 aromatic carbocycles. The van der Waals surface area contributed by atoms with Gasteiger partial charge in [-0.05, 0) is 62.3 Å². The average molecular weight is 851 g/mol. The summed E-state index contributed by atoms with van der Waals surface area (Å²) in [6.45, 7) is 6.49.